The van der Waals surface area contributed by atoms with Crippen molar-refractivity contribution in [2.75, 3.05) is 0 Å². The van der Waals surface area contributed by atoms with E-state index in [0.717, 1.165) is 5.56 Å². The highest BCUT2D eigenvalue weighted by Crippen LogP contribution is 2.31. The molecule has 0 aromatic heterocycles. The van der Waals surface area contributed by atoms with Crippen LogP contribution in [0, 0.1) is 5.82 Å². The van der Waals surface area contributed by atoms with Crippen LogP contribution in [-0.2, 0) is 0 Å². The van der Waals surface area contributed by atoms with Gasteiger partial charge in [-0.2, -0.15) is 0 Å². The maximum atomic E-state index is 12.8. The molecule has 0 atom stereocenters. The van der Waals surface area contributed by atoms with Crippen molar-refractivity contribution in [2.24, 2.45) is 0 Å². The Morgan fingerprint density at radius 1 is 1.00 bits per heavy atom. The lowest BCUT2D eigenvalue weighted by Crippen LogP contribution is -1.97. The second-order valence-electron chi connectivity index (χ2n) is 3.99. The van der Waals surface area contributed by atoms with Gasteiger partial charge in [0.1, 0.15) is 11.6 Å². The lowest BCUT2D eigenvalue weighted by Gasteiger charge is -1.98. The molecule has 0 bridgehead atoms. The molecule has 0 spiro atoms. The number of ether oxygens (including phenoxy) is 1. The second kappa shape index (κ2) is 4.11. The van der Waals surface area contributed by atoms with E-state index in [1.54, 1.807) is 36.4 Å². The zero-order valence-electron chi connectivity index (χ0n) is 9.39. The first kappa shape index (κ1) is 10.7. The molecule has 0 fully saturated rings. The molecule has 0 unspecified atom stereocenters. The standard InChI is InChI=1S/C15H9FO2/c16-11-7-5-10(6-8-11)9-14-15(17)12-3-1-2-4-13(12)18-14/h1-9H/b14-9-. The number of para-hydroxylation sites is 1. The summed E-state index contributed by atoms with van der Waals surface area (Å²) in [6.07, 6.45) is 1.61. The van der Waals surface area contributed by atoms with Gasteiger partial charge in [-0.1, -0.05) is 24.3 Å². The molecule has 0 aliphatic carbocycles. The smallest absolute Gasteiger partial charge is 0.231 e. The Hall–Kier alpha value is -2.42. The number of rotatable bonds is 1. The molecule has 0 saturated carbocycles. The number of Topliss-reactive ketones (excluding diaryl/α,β-unsaturated/α-hetero) is 1. The van der Waals surface area contributed by atoms with Crippen LogP contribution < -0.4 is 4.74 Å². The van der Waals surface area contributed by atoms with Crippen molar-refractivity contribution in [2.45, 2.75) is 0 Å². The van der Waals surface area contributed by atoms with Gasteiger partial charge in [-0.15, -0.1) is 0 Å². The SMILES string of the molecule is O=C1/C(=C/c2ccc(F)cc2)Oc2ccccc21. The molecule has 88 valence electrons. The van der Waals surface area contributed by atoms with Crippen LogP contribution in [0.25, 0.3) is 6.08 Å². The van der Waals surface area contributed by atoms with E-state index in [9.17, 15) is 9.18 Å². The molecule has 0 N–H and O–H groups in total. The predicted molar refractivity (Wildman–Crippen MR) is 65.8 cm³/mol. The van der Waals surface area contributed by atoms with Gasteiger partial charge in [0.2, 0.25) is 5.78 Å². The molecule has 1 aliphatic rings. The van der Waals surface area contributed by atoms with E-state index in [2.05, 4.69) is 0 Å². The van der Waals surface area contributed by atoms with Crippen molar-refractivity contribution in [3.8, 4) is 5.75 Å². The lowest BCUT2D eigenvalue weighted by atomic mass is 10.1. The van der Waals surface area contributed by atoms with Gasteiger partial charge in [-0.25, -0.2) is 4.39 Å². The van der Waals surface area contributed by atoms with Gasteiger partial charge in [-0.05, 0) is 35.9 Å². The third-order valence-electron chi connectivity index (χ3n) is 2.74. The molecule has 3 rings (SSSR count). The molecular weight excluding hydrogens is 231 g/mol. The highest BCUT2D eigenvalue weighted by molar-refractivity contribution is 6.14. The molecule has 0 radical (unpaired) electrons. The molecule has 2 aromatic rings. The summed E-state index contributed by atoms with van der Waals surface area (Å²) in [6.45, 7) is 0. The normalized spacial score (nSPS) is 15.6. The number of ketones is 1. The van der Waals surface area contributed by atoms with Crippen LogP contribution in [0.2, 0.25) is 0 Å². The molecule has 18 heavy (non-hydrogen) atoms. The molecule has 2 nitrogen and oxygen atoms in total. The first-order valence-corrected chi connectivity index (χ1v) is 5.53. The summed E-state index contributed by atoms with van der Waals surface area (Å²) in [4.78, 5) is 12.0. The van der Waals surface area contributed by atoms with Gasteiger partial charge in [0.15, 0.2) is 5.76 Å². The van der Waals surface area contributed by atoms with Crippen LogP contribution in [0.3, 0.4) is 0 Å². The van der Waals surface area contributed by atoms with Crippen molar-refractivity contribution in [3.63, 3.8) is 0 Å². The average Bonchev–Trinajstić information content (AvgIpc) is 2.70. The van der Waals surface area contributed by atoms with Crippen molar-refractivity contribution < 1.29 is 13.9 Å². The number of hydrogen-bond donors (Lipinski definition) is 0. The number of fused-ring (bicyclic) bond motifs is 1. The first-order chi connectivity index (χ1) is 8.74. The Kier molecular flexibility index (Phi) is 2.45. The highest BCUT2D eigenvalue weighted by atomic mass is 19.1. The van der Waals surface area contributed by atoms with E-state index in [1.807, 2.05) is 6.07 Å². The van der Waals surface area contributed by atoms with Crippen molar-refractivity contribution in [3.05, 3.63) is 71.2 Å². The molecule has 1 aliphatic heterocycles. The number of carbonyl (C=O) groups excluding carboxylic acids is 1. The van der Waals surface area contributed by atoms with E-state index in [1.165, 1.54) is 12.1 Å². The summed E-state index contributed by atoms with van der Waals surface area (Å²) in [5, 5.41) is 0. The molecule has 0 amide bonds. The maximum Gasteiger partial charge on any atom is 0.231 e. The van der Waals surface area contributed by atoms with Gasteiger partial charge in [-0.3, -0.25) is 4.79 Å². The summed E-state index contributed by atoms with van der Waals surface area (Å²) >= 11 is 0. The molecular formula is C15H9FO2. The molecule has 0 saturated heterocycles. The number of benzene rings is 2. The van der Waals surface area contributed by atoms with Crippen LogP contribution in [0.15, 0.2) is 54.3 Å². The monoisotopic (exact) mass is 240 g/mol. The molecule has 3 heteroatoms. The number of carbonyl (C=O) groups is 1. The Morgan fingerprint density at radius 3 is 2.44 bits per heavy atom. The van der Waals surface area contributed by atoms with Crippen LogP contribution >= 0.6 is 0 Å². The van der Waals surface area contributed by atoms with E-state index >= 15 is 0 Å². The Labute approximate surface area is 103 Å². The summed E-state index contributed by atoms with van der Waals surface area (Å²) in [7, 11) is 0. The second-order valence-corrected chi connectivity index (χ2v) is 3.99. The minimum atomic E-state index is -0.306. The van der Waals surface area contributed by atoms with Gasteiger partial charge >= 0.3 is 0 Å². The Balaban J connectivity index is 1.97. The van der Waals surface area contributed by atoms with E-state index in [4.69, 9.17) is 4.74 Å². The minimum absolute atomic E-state index is 0.144. The maximum absolute atomic E-state index is 12.8. The zero-order valence-corrected chi connectivity index (χ0v) is 9.39. The van der Waals surface area contributed by atoms with Gasteiger partial charge < -0.3 is 4.74 Å². The first-order valence-electron chi connectivity index (χ1n) is 5.53. The fraction of sp³-hybridized carbons (Fsp3) is 0. The Morgan fingerprint density at radius 2 is 1.72 bits per heavy atom. The summed E-state index contributed by atoms with van der Waals surface area (Å²) in [5.41, 5.74) is 1.29. The van der Waals surface area contributed by atoms with Gasteiger partial charge in [0.05, 0.1) is 5.56 Å². The summed E-state index contributed by atoms with van der Waals surface area (Å²) in [6, 6.07) is 13.0. The quantitative estimate of drug-likeness (QED) is 0.714. The summed E-state index contributed by atoms with van der Waals surface area (Å²) in [5.74, 6) is 0.382. The fourth-order valence-electron chi connectivity index (χ4n) is 1.85. The molecule has 2 aromatic carbocycles. The third kappa shape index (κ3) is 1.80. The number of allylic oxidation sites excluding steroid dienone is 1. The van der Waals surface area contributed by atoms with Crippen LogP contribution in [0.4, 0.5) is 4.39 Å². The highest BCUT2D eigenvalue weighted by Gasteiger charge is 2.26. The number of halogens is 1. The van der Waals surface area contributed by atoms with E-state index < -0.39 is 0 Å². The number of hydrogen-bond acceptors (Lipinski definition) is 2. The average molecular weight is 240 g/mol. The third-order valence-corrected chi connectivity index (χ3v) is 2.74. The van der Waals surface area contributed by atoms with Crippen molar-refractivity contribution >= 4 is 11.9 Å². The lowest BCUT2D eigenvalue weighted by molar-refractivity contribution is 0.101. The van der Waals surface area contributed by atoms with E-state index in [-0.39, 0.29) is 17.4 Å². The zero-order chi connectivity index (χ0) is 12.5. The van der Waals surface area contributed by atoms with Gasteiger partial charge in [0.25, 0.3) is 0 Å². The Bertz CT molecular complexity index is 642. The van der Waals surface area contributed by atoms with Crippen LogP contribution in [0.1, 0.15) is 15.9 Å². The van der Waals surface area contributed by atoms with Crippen molar-refractivity contribution in [1.82, 2.24) is 0 Å². The van der Waals surface area contributed by atoms with E-state index in [0.29, 0.717) is 11.3 Å². The topological polar surface area (TPSA) is 26.3 Å². The largest absolute Gasteiger partial charge is 0.452 e. The van der Waals surface area contributed by atoms with Crippen molar-refractivity contribution in [1.29, 1.82) is 0 Å². The van der Waals surface area contributed by atoms with Gasteiger partial charge in [0, 0.05) is 0 Å². The minimum Gasteiger partial charge on any atom is -0.452 e. The van der Waals surface area contributed by atoms with Crippen LogP contribution in [0.5, 0.6) is 5.75 Å². The molecule has 1 heterocycles. The summed E-state index contributed by atoms with van der Waals surface area (Å²) < 4.78 is 18.2. The van der Waals surface area contributed by atoms with Crippen LogP contribution in [-0.4, -0.2) is 5.78 Å². The predicted octanol–water partition coefficient (Wildman–Crippen LogP) is 3.44. The fourth-order valence-corrected chi connectivity index (χ4v) is 1.85.